The topological polar surface area (TPSA) is 76.2 Å². The number of allylic oxidation sites excluding steroid dienone is 1. The SMILES string of the molecule is COc1ccc(N(C(C)=O)C(C)=O)cc1C1=C(CN2C(=O)O[C@H](c3cc(C)cc(C(F)(F)F)c3)[C@@H]2C)CC(C)(C)CC1. The van der Waals surface area contributed by atoms with Crippen molar-refractivity contribution in [3.8, 4) is 5.75 Å². The second-order valence-electron chi connectivity index (χ2n) is 12.0. The van der Waals surface area contributed by atoms with Crippen LogP contribution in [0.1, 0.15) is 82.2 Å². The predicted molar refractivity (Wildman–Crippen MR) is 153 cm³/mol. The van der Waals surface area contributed by atoms with Crippen LogP contribution in [-0.4, -0.2) is 42.5 Å². The number of carbonyl (C=O) groups excluding carboxylic acids is 3. The number of hydrogen-bond acceptors (Lipinski definition) is 5. The molecule has 0 spiro atoms. The van der Waals surface area contributed by atoms with E-state index < -0.39 is 41.8 Å². The number of nitrogens with zero attached hydrogens (tertiary/aromatic N) is 2. The lowest BCUT2D eigenvalue weighted by Gasteiger charge is -2.36. The number of methoxy groups -OCH3 is 1. The Morgan fingerprint density at radius 3 is 2.38 bits per heavy atom. The number of cyclic esters (lactones) is 1. The minimum atomic E-state index is -4.52. The number of amides is 3. The zero-order valence-electron chi connectivity index (χ0n) is 25.0. The molecule has 3 amide bonds. The predicted octanol–water partition coefficient (Wildman–Crippen LogP) is 7.47. The largest absolute Gasteiger partial charge is 0.496 e. The van der Waals surface area contributed by atoms with Gasteiger partial charge in [-0.25, -0.2) is 4.79 Å². The third-order valence-corrected chi connectivity index (χ3v) is 8.08. The fourth-order valence-corrected chi connectivity index (χ4v) is 6.05. The van der Waals surface area contributed by atoms with E-state index >= 15 is 0 Å². The van der Waals surface area contributed by atoms with Crippen LogP contribution in [0.3, 0.4) is 0 Å². The van der Waals surface area contributed by atoms with Crippen molar-refractivity contribution in [3.05, 3.63) is 64.2 Å². The Kier molecular flexibility index (Phi) is 8.49. The van der Waals surface area contributed by atoms with Gasteiger partial charge in [0.05, 0.1) is 24.4 Å². The maximum atomic E-state index is 13.5. The van der Waals surface area contributed by atoms with Crippen LogP contribution in [-0.2, 0) is 20.5 Å². The fourth-order valence-electron chi connectivity index (χ4n) is 6.05. The lowest BCUT2D eigenvalue weighted by Crippen LogP contribution is -2.36. The monoisotopic (exact) mass is 586 g/mol. The van der Waals surface area contributed by atoms with Crippen molar-refractivity contribution in [1.82, 2.24) is 4.90 Å². The molecular weight excluding hydrogens is 549 g/mol. The molecule has 1 fully saturated rings. The minimum absolute atomic E-state index is 0.0705. The van der Waals surface area contributed by atoms with E-state index in [4.69, 9.17) is 9.47 Å². The molecule has 226 valence electrons. The van der Waals surface area contributed by atoms with Gasteiger partial charge in [0.15, 0.2) is 0 Å². The van der Waals surface area contributed by atoms with E-state index in [0.29, 0.717) is 35.4 Å². The van der Waals surface area contributed by atoms with Crippen LogP contribution in [0, 0.1) is 12.3 Å². The van der Waals surface area contributed by atoms with Crippen LogP contribution in [0.5, 0.6) is 5.75 Å². The average Bonchev–Trinajstić information content (AvgIpc) is 3.15. The van der Waals surface area contributed by atoms with Crippen molar-refractivity contribution >= 4 is 29.2 Å². The van der Waals surface area contributed by atoms with Gasteiger partial charge in [0, 0.05) is 26.0 Å². The number of aryl methyl sites for hydroxylation is 1. The summed E-state index contributed by atoms with van der Waals surface area (Å²) in [6.45, 7) is 10.5. The molecule has 42 heavy (non-hydrogen) atoms. The first-order chi connectivity index (χ1) is 19.5. The Labute approximate surface area is 244 Å². The van der Waals surface area contributed by atoms with E-state index in [-0.39, 0.29) is 12.0 Å². The van der Waals surface area contributed by atoms with Crippen LogP contribution in [0.4, 0.5) is 23.7 Å². The van der Waals surface area contributed by atoms with E-state index in [1.54, 1.807) is 50.1 Å². The second kappa shape index (κ2) is 11.5. The van der Waals surface area contributed by atoms with Crippen molar-refractivity contribution in [2.24, 2.45) is 5.41 Å². The zero-order valence-corrected chi connectivity index (χ0v) is 25.0. The van der Waals surface area contributed by atoms with Gasteiger partial charge in [0.1, 0.15) is 11.9 Å². The Bertz CT molecular complexity index is 1430. The van der Waals surface area contributed by atoms with Crippen molar-refractivity contribution in [1.29, 1.82) is 0 Å². The first kappa shape index (κ1) is 31.1. The number of hydrogen-bond donors (Lipinski definition) is 0. The molecule has 1 aliphatic carbocycles. The van der Waals surface area contributed by atoms with Gasteiger partial charge in [-0.05, 0) is 85.6 Å². The van der Waals surface area contributed by atoms with Gasteiger partial charge in [-0.15, -0.1) is 0 Å². The fraction of sp³-hybridized carbons (Fsp3) is 0.469. The summed E-state index contributed by atoms with van der Waals surface area (Å²) in [5, 5.41) is 0. The number of ether oxygens (including phenoxy) is 2. The molecule has 0 saturated carbocycles. The van der Waals surface area contributed by atoms with E-state index in [1.807, 2.05) is 0 Å². The molecule has 0 N–H and O–H groups in total. The summed E-state index contributed by atoms with van der Waals surface area (Å²) in [5.74, 6) is -0.267. The van der Waals surface area contributed by atoms with Gasteiger partial charge in [-0.3, -0.25) is 19.4 Å². The molecule has 2 aliphatic rings. The number of anilines is 1. The van der Waals surface area contributed by atoms with Gasteiger partial charge in [-0.1, -0.05) is 25.5 Å². The average molecular weight is 587 g/mol. The van der Waals surface area contributed by atoms with Crippen LogP contribution in [0.2, 0.25) is 0 Å². The molecule has 1 aliphatic heterocycles. The van der Waals surface area contributed by atoms with E-state index in [9.17, 15) is 27.6 Å². The Hall–Kier alpha value is -3.82. The normalized spacial score (nSPS) is 20.4. The highest BCUT2D eigenvalue weighted by molar-refractivity contribution is 6.13. The first-order valence-electron chi connectivity index (χ1n) is 13.9. The number of rotatable bonds is 6. The molecule has 1 saturated heterocycles. The molecular formula is C32H37F3N2O5. The highest BCUT2D eigenvalue weighted by Gasteiger charge is 2.42. The molecule has 2 aromatic carbocycles. The zero-order chi connectivity index (χ0) is 31.1. The van der Waals surface area contributed by atoms with E-state index in [1.165, 1.54) is 13.8 Å². The molecule has 2 aromatic rings. The van der Waals surface area contributed by atoms with Crippen LogP contribution >= 0.6 is 0 Å². The van der Waals surface area contributed by atoms with Gasteiger partial charge < -0.3 is 9.47 Å². The number of alkyl halides is 3. The van der Waals surface area contributed by atoms with E-state index in [2.05, 4.69) is 13.8 Å². The highest BCUT2D eigenvalue weighted by Crippen LogP contribution is 2.46. The lowest BCUT2D eigenvalue weighted by atomic mass is 9.72. The van der Waals surface area contributed by atoms with Gasteiger partial charge >= 0.3 is 12.3 Å². The Balaban J connectivity index is 1.75. The summed E-state index contributed by atoms with van der Waals surface area (Å²) in [7, 11) is 1.54. The van der Waals surface area contributed by atoms with Gasteiger partial charge in [0.25, 0.3) is 0 Å². The summed E-state index contributed by atoms with van der Waals surface area (Å²) in [6, 6.07) is 8.34. The van der Waals surface area contributed by atoms with Crippen molar-refractivity contribution in [3.63, 3.8) is 0 Å². The third-order valence-electron chi connectivity index (χ3n) is 8.08. The summed E-state index contributed by atoms with van der Waals surface area (Å²) >= 11 is 0. The summed E-state index contributed by atoms with van der Waals surface area (Å²) in [6.07, 6.45) is -3.81. The molecule has 0 bridgehead atoms. The molecule has 1 heterocycles. The second-order valence-corrected chi connectivity index (χ2v) is 12.0. The maximum Gasteiger partial charge on any atom is 0.416 e. The quantitative estimate of drug-likeness (QED) is 0.351. The number of halogens is 3. The van der Waals surface area contributed by atoms with Gasteiger partial charge in [0.2, 0.25) is 11.8 Å². The standard InChI is InChI=1S/C32H37F3N2O5/c1-18-12-22(14-24(13-18)32(33,34)35)29-19(2)36(30(40)42-29)17-23-16-31(5,6)11-10-26(23)27-15-25(8-9-28(27)41-7)37(20(3)38)21(4)39/h8-9,12-15,19,29H,10-11,16-17H2,1-7H3/t19-,29-/m0/s1. The Morgan fingerprint density at radius 1 is 1.12 bits per heavy atom. The van der Waals surface area contributed by atoms with Crippen molar-refractivity contribution in [2.75, 3.05) is 18.6 Å². The minimum Gasteiger partial charge on any atom is -0.496 e. The smallest absolute Gasteiger partial charge is 0.416 e. The Morgan fingerprint density at radius 2 is 1.79 bits per heavy atom. The number of imide groups is 1. The molecule has 10 heteroatoms. The molecule has 0 radical (unpaired) electrons. The van der Waals surface area contributed by atoms with Crippen molar-refractivity contribution < 1.29 is 37.0 Å². The van der Waals surface area contributed by atoms with Crippen LogP contribution < -0.4 is 9.64 Å². The highest BCUT2D eigenvalue weighted by atomic mass is 19.4. The summed E-state index contributed by atoms with van der Waals surface area (Å²) < 4.78 is 51.9. The third kappa shape index (κ3) is 6.32. The van der Waals surface area contributed by atoms with Crippen molar-refractivity contribution in [2.45, 2.75) is 79.1 Å². The molecule has 2 atom stereocenters. The molecule has 7 nitrogen and oxygen atoms in total. The van der Waals surface area contributed by atoms with Crippen LogP contribution in [0.15, 0.2) is 42.0 Å². The molecule has 0 aromatic heterocycles. The number of benzene rings is 2. The summed E-state index contributed by atoms with van der Waals surface area (Å²) in [4.78, 5) is 40.4. The first-order valence-corrected chi connectivity index (χ1v) is 13.9. The maximum absolute atomic E-state index is 13.5. The molecule has 0 unspecified atom stereocenters. The number of carbonyl (C=O) groups is 3. The lowest BCUT2D eigenvalue weighted by molar-refractivity contribution is -0.137. The summed E-state index contributed by atoms with van der Waals surface area (Å²) in [5.41, 5.74) is 2.91. The molecule has 4 rings (SSSR count). The van der Waals surface area contributed by atoms with E-state index in [0.717, 1.165) is 40.2 Å². The van der Waals surface area contributed by atoms with Crippen LogP contribution in [0.25, 0.3) is 5.57 Å². The van der Waals surface area contributed by atoms with Gasteiger partial charge in [-0.2, -0.15) is 13.2 Å².